The minimum Gasteiger partial charge on any atom is -0.449 e. The smallest absolute Gasteiger partial charge is 0.339 e. The van der Waals surface area contributed by atoms with Crippen LogP contribution in [0.4, 0.5) is 5.13 Å². The number of benzene rings is 2. The highest BCUT2D eigenvalue weighted by Crippen LogP contribution is 2.32. The van der Waals surface area contributed by atoms with Gasteiger partial charge in [0.25, 0.3) is 5.91 Å². The van der Waals surface area contributed by atoms with Crippen molar-refractivity contribution in [2.24, 2.45) is 0 Å². The van der Waals surface area contributed by atoms with E-state index in [2.05, 4.69) is 20.5 Å². The van der Waals surface area contributed by atoms with Crippen LogP contribution in [0.3, 0.4) is 0 Å². The van der Waals surface area contributed by atoms with Crippen LogP contribution in [0, 0.1) is 6.92 Å². The molecule has 1 amide bonds. The number of nitrogens with zero attached hydrogens (tertiary/aromatic N) is 3. The van der Waals surface area contributed by atoms with Gasteiger partial charge in [0.2, 0.25) is 5.13 Å². The minimum absolute atomic E-state index is 0.359. The number of nitrogens with one attached hydrogen (secondary N) is 1. The number of para-hydroxylation sites is 1. The molecule has 4 rings (SSSR count). The molecule has 0 spiro atoms. The Morgan fingerprint density at radius 1 is 1.03 bits per heavy atom. The van der Waals surface area contributed by atoms with Gasteiger partial charge in [0.1, 0.15) is 10.0 Å². The second-order valence-corrected chi connectivity index (χ2v) is 8.41. The topological polar surface area (TPSA) is 94.1 Å². The van der Waals surface area contributed by atoms with Crippen molar-refractivity contribution in [1.82, 2.24) is 15.2 Å². The predicted molar refractivity (Wildman–Crippen MR) is 113 cm³/mol. The van der Waals surface area contributed by atoms with Crippen LogP contribution in [0.15, 0.2) is 48.5 Å². The zero-order valence-corrected chi connectivity index (χ0v) is 17.2. The lowest BCUT2D eigenvalue weighted by molar-refractivity contribution is -0.123. The molecule has 1 unspecified atom stereocenters. The molecule has 146 valence electrons. The summed E-state index contributed by atoms with van der Waals surface area (Å²) in [6.07, 6.45) is -0.991. The summed E-state index contributed by atoms with van der Waals surface area (Å²) in [4.78, 5) is 29.7. The second-order valence-electron chi connectivity index (χ2n) is 6.20. The number of ether oxygens (including phenoxy) is 1. The number of hydrogen-bond acceptors (Lipinski definition) is 8. The van der Waals surface area contributed by atoms with Gasteiger partial charge in [-0.15, -0.1) is 21.5 Å². The summed E-state index contributed by atoms with van der Waals surface area (Å²) in [7, 11) is 0. The van der Waals surface area contributed by atoms with E-state index in [1.807, 2.05) is 36.4 Å². The van der Waals surface area contributed by atoms with Crippen molar-refractivity contribution >= 4 is 49.9 Å². The highest BCUT2D eigenvalue weighted by Gasteiger charge is 2.23. The van der Waals surface area contributed by atoms with Gasteiger partial charge < -0.3 is 4.74 Å². The minimum atomic E-state index is -0.991. The SMILES string of the molecule is Cc1nnc(NC(=O)C(C)OC(=O)c2ccccc2-c2nc3ccccc3s2)s1. The van der Waals surface area contributed by atoms with Crippen LogP contribution in [0.2, 0.25) is 0 Å². The lowest BCUT2D eigenvalue weighted by Gasteiger charge is -2.13. The van der Waals surface area contributed by atoms with Gasteiger partial charge >= 0.3 is 5.97 Å². The number of carbonyl (C=O) groups excluding carboxylic acids is 2. The van der Waals surface area contributed by atoms with Crippen molar-refractivity contribution in [3.05, 3.63) is 59.1 Å². The van der Waals surface area contributed by atoms with Crippen molar-refractivity contribution < 1.29 is 14.3 Å². The van der Waals surface area contributed by atoms with E-state index in [-0.39, 0.29) is 0 Å². The zero-order valence-electron chi connectivity index (χ0n) is 15.6. The molecular formula is C20H16N4O3S2. The molecule has 0 aliphatic carbocycles. The Kier molecular flexibility index (Phi) is 5.32. The number of esters is 1. The molecule has 2 aromatic carbocycles. The third-order valence-electron chi connectivity index (χ3n) is 4.08. The monoisotopic (exact) mass is 424 g/mol. The fourth-order valence-corrected chi connectivity index (χ4v) is 4.27. The summed E-state index contributed by atoms with van der Waals surface area (Å²) in [5.74, 6) is -1.05. The predicted octanol–water partition coefficient (Wildman–Crippen LogP) is 4.31. The van der Waals surface area contributed by atoms with Crippen molar-refractivity contribution in [2.45, 2.75) is 20.0 Å². The molecule has 0 aliphatic heterocycles. The number of aromatic nitrogens is 3. The third-order valence-corrected chi connectivity index (χ3v) is 5.90. The first-order chi connectivity index (χ1) is 14.0. The summed E-state index contributed by atoms with van der Waals surface area (Å²) >= 11 is 2.75. The van der Waals surface area contributed by atoms with E-state index in [0.717, 1.165) is 20.2 Å². The maximum atomic E-state index is 12.8. The third kappa shape index (κ3) is 4.15. The molecule has 4 aromatic rings. The number of hydrogen-bond donors (Lipinski definition) is 1. The molecule has 7 nitrogen and oxygen atoms in total. The van der Waals surface area contributed by atoms with Gasteiger partial charge in [-0.25, -0.2) is 9.78 Å². The summed E-state index contributed by atoms with van der Waals surface area (Å²) < 4.78 is 6.43. The lowest BCUT2D eigenvalue weighted by Crippen LogP contribution is -2.30. The first kappa shape index (κ1) is 19.2. The average Bonchev–Trinajstić information content (AvgIpc) is 3.33. The number of aryl methyl sites for hydroxylation is 1. The van der Waals surface area contributed by atoms with E-state index in [4.69, 9.17) is 4.74 Å². The Morgan fingerprint density at radius 2 is 1.79 bits per heavy atom. The van der Waals surface area contributed by atoms with Gasteiger partial charge in [0, 0.05) is 5.56 Å². The molecule has 0 saturated carbocycles. The van der Waals surface area contributed by atoms with Crippen molar-refractivity contribution in [1.29, 1.82) is 0 Å². The van der Waals surface area contributed by atoms with E-state index in [0.29, 0.717) is 16.3 Å². The van der Waals surface area contributed by atoms with E-state index >= 15 is 0 Å². The van der Waals surface area contributed by atoms with E-state index in [1.165, 1.54) is 29.6 Å². The van der Waals surface area contributed by atoms with Crippen molar-refractivity contribution in [3.63, 3.8) is 0 Å². The summed E-state index contributed by atoms with van der Waals surface area (Å²) in [6, 6.07) is 14.9. The molecular weight excluding hydrogens is 408 g/mol. The van der Waals surface area contributed by atoms with Crippen LogP contribution >= 0.6 is 22.7 Å². The van der Waals surface area contributed by atoms with Gasteiger partial charge in [-0.05, 0) is 32.0 Å². The van der Waals surface area contributed by atoms with Gasteiger partial charge in [0.15, 0.2) is 6.10 Å². The Hall–Kier alpha value is -3.17. The van der Waals surface area contributed by atoms with Crippen LogP contribution in [0.25, 0.3) is 20.8 Å². The number of amides is 1. The molecule has 1 atom stereocenters. The molecule has 2 heterocycles. The Bertz CT molecular complexity index is 1170. The molecule has 0 bridgehead atoms. The molecule has 0 saturated heterocycles. The van der Waals surface area contributed by atoms with Gasteiger partial charge in [0.05, 0.1) is 15.8 Å². The Labute approximate surface area is 174 Å². The van der Waals surface area contributed by atoms with Crippen LogP contribution in [0.1, 0.15) is 22.3 Å². The number of carbonyl (C=O) groups is 2. The maximum Gasteiger partial charge on any atom is 0.339 e. The van der Waals surface area contributed by atoms with Crippen LogP contribution in [-0.2, 0) is 9.53 Å². The number of fused-ring (bicyclic) bond motifs is 1. The average molecular weight is 425 g/mol. The fourth-order valence-electron chi connectivity index (χ4n) is 2.67. The summed E-state index contributed by atoms with van der Waals surface area (Å²) in [5.41, 5.74) is 1.90. The highest BCUT2D eigenvalue weighted by atomic mass is 32.1. The molecule has 1 N–H and O–H groups in total. The van der Waals surface area contributed by atoms with E-state index in [1.54, 1.807) is 19.1 Å². The molecule has 2 aromatic heterocycles. The van der Waals surface area contributed by atoms with Crippen LogP contribution < -0.4 is 5.32 Å². The molecule has 0 aliphatic rings. The maximum absolute atomic E-state index is 12.8. The molecule has 0 fully saturated rings. The first-order valence-electron chi connectivity index (χ1n) is 8.78. The lowest BCUT2D eigenvalue weighted by atomic mass is 10.1. The standard InChI is InChI=1S/C20H16N4O3S2/c1-11(17(25)22-20-24-23-12(2)28-20)27-19(26)14-8-4-3-7-13(14)18-21-15-9-5-6-10-16(15)29-18/h3-11H,1-2H3,(H,22,24,25). The number of anilines is 1. The zero-order chi connectivity index (χ0) is 20.4. The normalized spacial score (nSPS) is 11.9. The number of thiazole rings is 1. The van der Waals surface area contributed by atoms with Crippen LogP contribution in [0.5, 0.6) is 0 Å². The van der Waals surface area contributed by atoms with E-state index in [9.17, 15) is 9.59 Å². The van der Waals surface area contributed by atoms with Gasteiger partial charge in [-0.3, -0.25) is 10.1 Å². The largest absolute Gasteiger partial charge is 0.449 e. The quantitative estimate of drug-likeness (QED) is 0.480. The van der Waals surface area contributed by atoms with Crippen molar-refractivity contribution in [2.75, 3.05) is 5.32 Å². The van der Waals surface area contributed by atoms with Crippen LogP contribution in [-0.4, -0.2) is 33.2 Å². The fraction of sp³-hybridized carbons (Fsp3) is 0.150. The Morgan fingerprint density at radius 3 is 2.55 bits per heavy atom. The van der Waals surface area contributed by atoms with Gasteiger partial charge in [-0.1, -0.05) is 41.7 Å². The molecule has 0 radical (unpaired) electrons. The van der Waals surface area contributed by atoms with Gasteiger partial charge in [-0.2, -0.15) is 0 Å². The van der Waals surface area contributed by atoms with E-state index < -0.39 is 18.0 Å². The summed E-state index contributed by atoms with van der Waals surface area (Å²) in [5, 5.41) is 12.1. The first-order valence-corrected chi connectivity index (χ1v) is 10.4. The van der Waals surface area contributed by atoms with Crippen molar-refractivity contribution in [3.8, 4) is 10.6 Å². The molecule has 9 heteroatoms. The Balaban J connectivity index is 1.53. The molecule has 29 heavy (non-hydrogen) atoms. The second kappa shape index (κ2) is 8.06. The summed E-state index contributed by atoms with van der Waals surface area (Å²) in [6.45, 7) is 3.30. The highest BCUT2D eigenvalue weighted by molar-refractivity contribution is 7.21. The number of rotatable bonds is 5.